The first kappa shape index (κ1) is 11.4. The Morgan fingerprint density at radius 1 is 1.60 bits per heavy atom. The van der Waals surface area contributed by atoms with Gasteiger partial charge < -0.3 is 0 Å². The zero-order valence-electron chi connectivity index (χ0n) is 9.14. The van der Waals surface area contributed by atoms with Gasteiger partial charge in [0.15, 0.2) is 5.78 Å². The smallest absolute Gasteiger partial charge is 0.297 e. The summed E-state index contributed by atoms with van der Waals surface area (Å²) in [6.45, 7) is 6.32. The molecular formula is C9H13N3O3. The van der Waals surface area contributed by atoms with Gasteiger partial charge in [-0.2, -0.15) is 5.10 Å². The normalized spacial score (nSPS) is 11.5. The molecule has 0 unspecified atom stereocenters. The zero-order chi connectivity index (χ0) is 11.8. The third-order valence-electron chi connectivity index (χ3n) is 2.50. The van der Waals surface area contributed by atoms with Gasteiger partial charge in [-0.3, -0.25) is 19.6 Å². The largest absolute Gasteiger partial charge is 0.309 e. The molecule has 1 heterocycles. The molecule has 1 rings (SSSR count). The number of Topliss-reactive ketones (excluding diaryl/α,β-unsaturated/α-hetero) is 1. The first-order valence-corrected chi connectivity index (χ1v) is 4.49. The van der Waals surface area contributed by atoms with Gasteiger partial charge in [-0.1, -0.05) is 0 Å². The maximum atomic E-state index is 11.3. The molecule has 0 amide bonds. The number of carbonyl (C=O) groups excluding carboxylic acids is 1. The van der Waals surface area contributed by atoms with Gasteiger partial charge in [0, 0.05) is 0 Å². The number of aromatic nitrogens is 2. The molecule has 0 atom stereocenters. The van der Waals surface area contributed by atoms with Crippen molar-refractivity contribution in [3.63, 3.8) is 0 Å². The average Bonchev–Trinajstić information content (AvgIpc) is 2.47. The van der Waals surface area contributed by atoms with Crippen LogP contribution in [0.25, 0.3) is 0 Å². The highest BCUT2D eigenvalue weighted by Crippen LogP contribution is 2.22. The summed E-state index contributed by atoms with van der Waals surface area (Å²) in [6, 6.07) is 0. The molecule has 0 saturated carbocycles. The van der Waals surface area contributed by atoms with Crippen LogP contribution in [0.4, 0.5) is 5.69 Å². The molecule has 6 heteroatoms. The lowest BCUT2D eigenvalue weighted by atomic mass is 10.0. The summed E-state index contributed by atoms with van der Waals surface area (Å²) in [5.41, 5.74) is -0.599. The number of rotatable bonds is 3. The second-order valence-corrected chi connectivity index (χ2v) is 3.92. The second-order valence-electron chi connectivity index (χ2n) is 3.92. The van der Waals surface area contributed by atoms with Crippen LogP contribution >= 0.6 is 0 Å². The molecule has 0 aliphatic rings. The SMILES string of the molecule is CC(=O)C(C)(C)n1cc([N+](=O)[O-])c(C)n1. The highest BCUT2D eigenvalue weighted by atomic mass is 16.6. The first-order valence-electron chi connectivity index (χ1n) is 4.49. The van der Waals surface area contributed by atoms with E-state index in [4.69, 9.17) is 0 Å². The summed E-state index contributed by atoms with van der Waals surface area (Å²) < 4.78 is 1.34. The number of hydrogen-bond donors (Lipinski definition) is 0. The summed E-state index contributed by atoms with van der Waals surface area (Å²) in [6.07, 6.45) is 1.29. The van der Waals surface area contributed by atoms with E-state index in [9.17, 15) is 14.9 Å². The highest BCUT2D eigenvalue weighted by molar-refractivity contribution is 5.83. The predicted molar refractivity (Wildman–Crippen MR) is 53.6 cm³/mol. The van der Waals surface area contributed by atoms with Gasteiger partial charge in [-0.25, -0.2) is 0 Å². The zero-order valence-corrected chi connectivity index (χ0v) is 9.14. The Kier molecular flexibility index (Phi) is 2.61. The van der Waals surface area contributed by atoms with Crippen molar-refractivity contribution in [1.29, 1.82) is 0 Å². The van der Waals surface area contributed by atoms with Crippen molar-refractivity contribution in [3.8, 4) is 0 Å². The van der Waals surface area contributed by atoms with Gasteiger partial charge in [0.2, 0.25) is 0 Å². The molecule has 1 aromatic heterocycles. The monoisotopic (exact) mass is 211 g/mol. The Morgan fingerprint density at radius 2 is 2.13 bits per heavy atom. The van der Waals surface area contributed by atoms with E-state index in [0.717, 1.165) is 0 Å². The van der Waals surface area contributed by atoms with E-state index in [1.165, 1.54) is 17.8 Å². The van der Waals surface area contributed by atoms with Crippen molar-refractivity contribution in [1.82, 2.24) is 9.78 Å². The molecule has 0 aliphatic heterocycles. The van der Waals surface area contributed by atoms with Crippen LogP contribution in [0, 0.1) is 17.0 Å². The molecular weight excluding hydrogens is 198 g/mol. The van der Waals surface area contributed by atoms with Crippen molar-refractivity contribution >= 4 is 11.5 Å². The van der Waals surface area contributed by atoms with Gasteiger partial charge in [0.1, 0.15) is 17.4 Å². The number of hydrogen-bond acceptors (Lipinski definition) is 4. The summed E-state index contributed by atoms with van der Waals surface area (Å²) in [5.74, 6) is -0.0973. The minimum atomic E-state index is -0.848. The van der Waals surface area contributed by atoms with E-state index in [-0.39, 0.29) is 11.5 Å². The Bertz CT molecular complexity index is 420. The summed E-state index contributed by atoms with van der Waals surface area (Å²) in [4.78, 5) is 21.4. The first-order chi connectivity index (χ1) is 6.76. The Labute approximate surface area is 87.0 Å². The van der Waals surface area contributed by atoms with Crippen LogP contribution in [0.2, 0.25) is 0 Å². The standard InChI is InChI=1S/C9H13N3O3/c1-6-8(12(14)15)5-11(10-6)9(3,4)7(2)13/h5H,1-4H3. The highest BCUT2D eigenvalue weighted by Gasteiger charge is 2.29. The molecule has 0 spiro atoms. The van der Waals surface area contributed by atoms with Crippen molar-refractivity contribution in [2.45, 2.75) is 33.2 Å². The van der Waals surface area contributed by atoms with E-state index in [0.29, 0.717) is 5.69 Å². The van der Waals surface area contributed by atoms with Gasteiger partial charge in [0.25, 0.3) is 0 Å². The van der Waals surface area contributed by atoms with Crippen LogP contribution in [0.3, 0.4) is 0 Å². The van der Waals surface area contributed by atoms with Crippen LogP contribution in [0.5, 0.6) is 0 Å². The topological polar surface area (TPSA) is 78.0 Å². The van der Waals surface area contributed by atoms with E-state index >= 15 is 0 Å². The fourth-order valence-corrected chi connectivity index (χ4v) is 1.08. The van der Waals surface area contributed by atoms with Crippen molar-refractivity contribution in [2.24, 2.45) is 0 Å². The molecule has 0 aliphatic carbocycles. The predicted octanol–water partition coefficient (Wildman–Crippen LogP) is 1.42. The van der Waals surface area contributed by atoms with Crippen molar-refractivity contribution < 1.29 is 9.72 Å². The van der Waals surface area contributed by atoms with Crippen LogP contribution < -0.4 is 0 Å². The van der Waals surface area contributed by atoms with Gasteiger partial charge >= 0.3 is 5.69 Å². The van der Waals surface area contributed by atoms with Crippen molar-refractivity contribution in [2.75, 3.05) is 0 Å². The number of ketones is 1. The second kappa shape index (κ2) is 3.45. The van der Waals surface area contributed by atoms with Gasteiger partial charge in [-0.05, 0) is 27.7 Å². The molecule has 1 aromatic rings. The fraction of sp³-hybridized carbons (Fsp3) is 0.556. The van der Waals surface area contributed by atoms with Gasteiger partial charge in [0.05, 0.1) is 4.92 Å². The average molecular weight is 211 g/mol. The fourth-order valence-electron chi connectivity index (χ4n) is 1.08. The number of carbonyl (C=O) groups is 1. The van der Waals surface area contributed by atoms with Crippen LogP contribution in [0.15, 0.2) is 6.20 Å². The molecule has 0 aromatic carbocycles. The minimum absolute atomic E-state index is 0.0654. The molecule has 6 nitrogen and oxygen atoms in total. The third kappa shape index (κ3) is 1.88. The van der Waals surface area contributed by atoms with Gasteiger partial charge in [-0.15, -0.1) is 0 Å². The van der Waals surface area contributed by atoms with E-state index in [1.54, 1.807) is 20.8 Å². The lowest BCUT2D eigenvalue weighted by Gasteiger charge is -2.21. The van der Waals surface area contributed by atoms with E-state index in [1.807, 2.05) is 0 Å². The number of nitrogens with zero attached hydrogens (tertiary/aromatic N) is 3. The minimum Gasteiger partial charge on any atom is -0.297 e. The molecule has 0 fully saturated rings. The maximum Gasteiger partial charge on any atom is 0.309 e. The Balaban J connectivity index is 3.24. The molecule has 0 saturated heterocycles. The molecule has 15 heavy (non-hydrogen) atoms. The van der Waals surface area contributed by atoms with E-state index < -0.39 is 10.5 Å². The Hall–Kier alpha value is -1.72. The lowest BCUT2D eigenvalue weighted by molar-refractivity contribution is -0.385. The van der Waals surface area contributed by atoms with Crippen LogP contribution in [-0.2, 0) is 10.3 Å². The van der Waals surface area contributed by atoms with E-state index in [2.05, 4.69) is 5.10 Å². The summed E-state index contributed by atoms with van der Waals surface area (Å²) in [7, 11) is 0. The summed E-state index contributed by atoms with van der Waals surface area (Å²) >= 11 is 0. The third-order valence-corrected chi connectivity index (χ3v) is 2.50. The number of nitro groups is 1. The van der Waals surface area contributed by atoms with Crippen molar-refractivity contribution in [3.05, 3.63) is 22.0 Å². The summed E-state index contributed by atoms with van der Waals surface area (Å²) in [5, 5.41) is 14.6. The molecule has 82 valence electrons. The van der Waals surface area contributed by atoms with Crippen LogP contribution in [0.1, 0.15) is 26.5 Å². The molecule has 0 bridgehead atoms. The number of aryl methyl sites for hydroxylation is 1. The molecule has 0 N–H and O–H groups in total. The quantitative estimate of drug-likeness (QED) is 0.559. The maximum absolute atomic E-state index is 11.3. The molecule has 0 radical (unpaired) electrons. The lowest BCUT2D eigenvalue weighted by Crippen LogP contribution is -2.34. The van der Waals surface area contributed by atoms with Crippen LogP contribution in [-0.4, -0.2) is 20.5 Å². The Morgan fingerprint density at radius 3 is 2.47 bits per heavy atom.